The van der Waals surface area contributed by atoms with Crippen molar-refractivity contribution in [3.63, 3.8) is 0 Å². The Kier molecular flexibility index (Phi) is 3.64. The molecule has 0 unspecified atom stereocenters. The normalized spacial score (nSPS) is 10.6. The van der Waals surface area contributed by atoms with Gasteiger partial charge < -0.3 is 0 Å². The first-order chi connectivity index (χ1) is 6.52. The summed E-state index contributed by atoms with van der Waals surface area (Å²) in [5, 5.41) is 0.190. The molecule has 0 aliphatic carbocycles. The fraction of sp³-hybridized carbons (Fsp3) is 0.364. The van der Waals surface area contributed by atoms with E-state index < -0.39 is 5.82 Å². The van der Waals surface area contributed by atoms with Gasteiger partial charge in [-0.05, 0) is 18.1 Å². The molecule has 0 amide bonds. The van der Waals surface area contributed by atoms with Gasteiger partial charge in [0.05, 0.1) is 10.6 Å². The highest BCUT2D eigenvalue weighted by Crippen LogP contribution is 2.21. The average molecular weight is 215 g/mol. The molecule has 0 N–H and O–H groups in total. The summed E-state index contributed by atoms with van der Waals surface area (Å²) >= 11 is 5.75. The van der Waals surface area contributed by atoms with Crippen LogP contribution < -0.4 is 0 Å². The number of benzene rings is 1. The average Bonchev–Trinajstić information content (AvgIpc) is 2.01. The molecule has 76 valence electrons. The predicted octanol–water partition coefficient (Wildman–Crippen LogP) is 3.71. The van der Waals surface area contributed by atoms with Crippen LogP contribution >= 0.6 is 11.6 Å². The molecule has 0 bridgehead atoms. The van der Waals surface area contributed by atoms with Gasteiger partial charge in [-0.1, -0.05) is 31.5 Å². The molecule has 1 aromatic carbocycles. The lowest BCUT2D eigenvalue weighted by Gasteiger charge is -2.06. The minimum Gasteiger partial charge on any atom is -0.294 e. The summed E-state index contributed by atoms with van der Waals surface area (Å²) in [5.74, 6) is -0.565. The molecule has 0 aliphatic rings. The minimum atomic E-state index is -0.539. The summed E-state index contributed by atoms with van der Waals surface area (Å²) in [6.45, 7) is 3.82. The minimum absolute atomic E-state index is 0.0165. The van der Waals surface area contributed by atoms with E-state index in [1.54, 1.807) is 0 Å². The molecule has 0 saturated heterocycles. The van der Waals surface area contributed by atoms with Crippen LogP contribution in [0.2, 0.25) is 5.02 Å². The first-order valence-electron chi connectivity index (χ1n) is 4.49. The Morgan fingerprint density at radius 2 is 2.14 bits per heavy atom. The number of hydrogen-bond acceptors (Lipinski definition) is 1. The smallest absolute Gasteiger partial charge is 0.167 e. The van der Waals surface area contributed by atoms with Crippen molar-refractivity contribution >= 4 is 17.4 Å². The quantitative estimate of drug-likeness (QED) is 0.701. The van der Waals surface area contributed by atoms with E-state index in [1.165, 1.54) is 18.2 Å². The first kappa shape index (κ1) is 11.2. The molecular formula is C11H12ClFO. The largest absolute Gasteiger partial charge is 0.294 e. The van der Waals surface area contributed by atoms with Crippen molar-refractivity contribution in [1.82, 2.24) is 0 Å². The van der Waals surface area contributed by atoms with Crippen LogP contribution in [0, 0.1) is 11.7 Å². The lowest BCUT2D eigenvalue weighted by molar-refractivity contribution is 0.0964. The van der Waals surface area contributed by atoms with Crippen LogP contribution in [0.5, 0.6) is 0 Å². The fourth-order valence-electron chi connectivity index (χ4n) is 1.24. The molecule has 0 aromatic heterocycles. The Bertz CT molecular complexity index is 327. The third-order valence-electron chi connectivity index (χ3n) is 1.84. The number of Topliss-reactive ketones (excluding diaryl/α,β-unsaturated/α-hetero) is 1. The second-order valence-electron chi connectivity index (χ2n) is 3.62. The third kappa shape index (κ3) is 2.55. The molecule has 0 atom stereocenters. The lowest BCUT2D eigenvalue weighted by Crippen LogP contribution is -2.06. The van der Waals surface area contributed by atoms with Gasteiger partial charge in [-0.2, -0.15) is 0 Å². The van der Waals surface area contributed by atoms with E-state index in [1.807, 2.05) is 13.8 Å². The highest BCUT2D eigenvalue weighted by atomic mass is 35.5. The molecule has 0 heterocycles. The van der Waals surface area contributed by atoms with Gasteiger partial charge >= 0.3 is 0 Å². The van der Waals surface area contributed by atoms with Crippen molar-refractivity contribution in [2.24, 2.45) is 5.92 Å². The Labute approximate surface area is 87.9 Å². The zero-order chi connectivity index (χ0) is 10.7. The second-order valence-corrected chi connectivity index (χ2v) is 4.03. The van der Waals surface area contributed by atoms with E-state index in [2.05, 4.69) is 0 Å². The zero-order valence-electron chi connectivity index (χ0n) is 8.18. The van der Waals surface area contributed by atoms with Gasteiger partial charge in [-0.15, -0.1) is 0 Å². The summed E-state index contributed by atoms with van der Waals surface area (Å²) in [5.41, 5.74) is 0.0165. The van der Waals surface area contributed by atoms with Crippen molar-refractivity contribution < 1.29 is 9.18 Å². The summed E-state index contributed by atoms with van der Waals surface area (Å²) in [6, 6.07) is 4.27. The molecule has 0 fully saturated rings. The van der Waals surface area contributed by atoms with Crippen LogP contribution in [0.4, 0.5) is 4.39 Å². The molecular weight excluding hydrogens is 203 g/mol. The summed E-state index contributed by atoms with van der Waals surface area (Å²) in [7, 11) is 0. The Morgan fingerprint density at radius 3 is 2.64 bits per heavy atom. The molecule has 0 aliphatic heterocycles. The van der Waals surface area contributed by atoms with Gasteiger partial charge in [-0.25, -0.2) is 4.39 Å². The van der Waals surface area contributed by atoms with Crippen molar-refractivity contribution in [1.29, 1.82) is 0 Å². The van der Waals surface area contributed by atoms with Gasteiger partial charge in [0.25, 0.3) is 0 Å². The van der Waals surface area contributed by atoms with E-state index in [9.17, 15) is 9.18 Å². The van der Waals surface area contributed by atoms with Crippen LogP contribution in [0.1, 0.15) is 30.6 Å². The predicted molar refractivity (Wildman–Crippen MR) is 55.2 cm³/mol. The third-order valence-corrected chi connectivity index (χ3v) is 2.15. The van der Waals surface area contributed by atoms with E-state index in [-0.39, 0.29) is 22.3 Å². The molecule has 14 heavy (non-hydrogen) atoms. The maximum atomic E-state index is 13.2. The highest BCUT2D eigenvalue weighted by Gasteiger charge is 2.16. The second kappa shape index (κ2) is 4.56. The summed E-state index contributed by atoms with van der Waals surface area (Å²) in [4.78, 5) is 11.6. The van der Waals surface area contributed by atoms with Crippen LogP contribution in [-0.4, -0.2) is 5.78 Å². The molecule has 1 aromatic rings. The van der Waals surface area contributed by atoms with E-state index in [4.69, 9.17) is 11.6 Å². The maximum Gasteiger partial charge on any atom is 0.167 e. The van der Waals surface area contributed by atoms with Crippen LogP contribution in [0.3, 0.4) is 0 Å². The Balaban J connectivity index is 3.00. The number of hydrogen-bond donors (Lipinski definition) is 0. The van der Waals surface area contributed by atoms with Crippen molar-refractivity contribution in [2.45, 2.75) is 20.3 Å². The number of carbonyl (C=O) groups is 1. The van der Waals surface area contributed by atoms with Crippen LogP contribution in [0.15, 0.2) is 18.2 Å². The SMILES string of the molecule is CC(C)CC(=O)c1c(F)cccc1Cl. The first-order valence-corrected chi connectivity index (χ1v) is 4.87. The van der Waals surface area contributed by atoms with Crippen LogP contribution in [-0.2, 0) is 0 Å². The van der Waals surface area contributed by atoms with E-state index >= 15 is 0 Å². The maximum absolute atomic E-state index is 13.2. The summed E-state index contributed by atoms with van der Waals surface area (Å²) < 4.78 is 13.2. The summed E-state index contributed by atoms with van der Waals surface area (Å²) in [6.07, 6.45) is 0.320. The van der Waals surface area contributed by atoms with Gasteiger partial charge in [-0.3, -0.25) is 4.79 Å². The van der Waals surface area contributed by atoms with Gasteiger partial charge in [0, 0.05) is 6.42 Å². The topological polar surface area (TPSA) is 17.1 Å². The number of carbonyl (C=O) groups excluding carboxylic acids is 1. The van der Waals surface area contributed by atoms with E-state index in [0.29, 0.717) is 6.42 Å². The molecule has 1 rings (SSSR count). The molecule has 0 spiro atoms. The number of halogens is 2. The number of ketones is 1. The highest BCUT2D eigenvalue weighted by molar-refractivity contribution is 6.34. The molecule has 0 radical (unpaired) electrons. The van der Waals surface area contributed by atoms with Gasteiger partial charge in [0.2, 0.25) is 0 Å². The van der Waals surface area contributed by atoms with Crippen molar-refractivity contribution in [3.05, 3.63) is 34.6 Å². The van der Waals surface area contributed by atoms with E-state index in [0.717, 1.165) is 0 Å². The number of rotatable bonds is 3. The van der Waals surface area contributed by atoms with Gasteiger partial charge in [0.15, 0.2) is 5.78 Å². The standard InChI is InChI=1S/C11H12ClFO/c1-7(2)6-10(14)11-8(12)4-3-5-9(11)13/h3-5,7H,6H2,1-2H3. The lowest BCUT2D eigenvalue weighted by atomic mass is 10.0. The van der Waals surface area contributed by atoms with Crippen molar-refractivity contribution in [3.8, 4) is 0 Å². The molecule has 1 nitrogen and oxygen atoms in total. The van der Waals surface area contributed by atoms with Gasteiger partial charge in [0.1, 0.15) is 5.82 Å². The Morgan fingerprint density at radius 1 is 1.50 bits per heavy atom. The fourth-order valence-corrected chi connectivity index (χ4v) is 1.51. The molecule has 3 heteroatoms. The Hall–Kier alpha value is -0.890. The zero-order valence-corrected chi connectivity index (χ0v) is 8.94. The molecule has 0 saturated carbocycles. The van der Waals surface area contributed by atoms with Crippen LogP contribution in [0.25, 0.3) is 0 Å². The monoisotopic (exact) mass is 214 g/mol. The van der Waals surface area contributed by atoms with Crippen molar-refractivity contribution in [2.75, 3.05) is 0 Å².